The van der Waals surface area contributed by atoms with E-state index in [1.54, 1.807) is 5.55 Å². The molecule has 0 spiro atoms. The molecule has 0 saturated heterocycles. The van der Waals surface area contributed by atoms with E-state index in [9.17, 15) is 4.79 Å². The van der Waals surface area contributed by atoms with Gasteiger partial charge in [0.15, 0.2) is 0 Å². The van der Waals surface area contributed by atoms with Crippen LogP contribution in [0.3, 0.4) is 0 Å². The number of hydrogen-bond donors (Lipinski definition) is 1. The first-order chi connectivity index (χ1) is 4.29. The van der Waals surface area contributed by atoms with Gasteiger partial charge in [-0.25, -0.2) is 0 Å². The average Bonchev–Trinajstić information content (AvgIpc) is 2.15. The molecule has 0 aromatic carbocycles. The molecule has 1 heterocycles. The van der Waals surface area contributed by atoms with Gasteiger partial charge in [0.1, 0.15) is 0 Å². The van der Waals surface area contributed by atoms with Gasteiger partial charge in [0.2, 0.25) is 0 Å². The second-order valence-corrected chi connectivity index (χ2v) is 2.98. The molecule has 3 nitrogen and oxygen atoms in total. The van der Waals surface area contributed by atoms with Gasteiger partial charge in [-0.05, 0) is 0 Å². The van der Waals surface area contributed by atoms with Crippen molar-refractivity contribution in [1.29, 1.82) is 0 Å². The van der Waals surface area contributed by atoms with Crippen molar-refractivity contribution in [3.05, 3.63) is 0 Å². The number of hydrogen-bond acceptors (Lipinski definition) is 3. The van der Waals surface area contributed by atoms with Crippen LogP contribution in [0.15, 0.2) is 4.99 Å². The first-order valence-corrected chi connectivity index (χ1v) is 3.59. The molecule has 1 unspecified atom stereocenters. The molecule has 9 heavy (non-hydrogen) atoms. The minimum Gasteiger partial charge on any atom is -0.481 e. The zero-order valence-corrected chi connectivity index (χ0v) is 5.60. The summed E-state index contributed by atoms with van der Waals surface area (Å²) in [5.74, 6) is -0.738. The number of nitrogens with zero attached hydrogens (tertiary/aromatic N) is 1. The highest BCUT2D eigenvalue weighted by Crippen LogP contribution is 2.17. The number of aliphatic carboxylic acids is 1. The van der Waals surface area contributed by atoms with E-state index in [-0.39, 0.29) is 11.7 Å². The Labute approximate surface area is 57.2 Å². The van der Waals surface area contributed by atoms with E-state index >= 15 is 0 Å². The monoisotopic (exact) mass is 145 g/mol. The standard InChI is InChI=1S/C5H7NO2S/c7-5(8)1-4-2-6-3-9-4/h3-4H,1-2H2,(H,7,8). The van der Waals surface area contributed by atoms with Crippen molar-refractivity contribution in [2.75, 3.05) is 6.54 Å². The van der Waals surface area contributed by atoms with Crippen molar-refractivity contribution >= 4 is 23.3 Å². The van der Waals surface area contributed by atoms with Crippen molar-refractivity contribution in [2.45, 2.75) is 11.7 Å². The molecule has 50 valence electrons. The van der Waals surface area contributed by atoms with Crippen LogP contribution in [-0.2, 0) is 4.79 Å². The molecule has 1 aliphatic heterocycles. The zero-order valence-electron chi connectivity index (χ0n) is 4.78. The maximum absolute atomic E-state index is 10.1. The lowest BCUT2D eigenvalue weighted by atomic mass is 10.3. The molecule has 1 rings (SSSR count). The molecule has 0 radical (unpaired) electrons. The summed E-state index contributed by atoms with van der Waals surface area (Å²) < 4.78 is 0. The second-order valence-electron chi connectivity index (χ2n) is 1.83. The number of rotatable bonds is 2. The third-order valence-corrected chi connectivity index (χ3v) is 2.01. The molecule has 0 saturated carbocycles. The second kappa shape index (κ2) is 2.87. The van der Waals surface area contributed by atoms with E-state index in [0.29, 0.717) is 6.54 Å². The fraction of sp³-hybridized carbons (Fsp3) is 0.600. The van der Waals surface area contributed by atoms with Crippen LogP contribution in [0.1, 0.15) is 6.42 Å². The number of thioether (sulfide) groups is 1. The number of carboxylic acids is 1. The van der Waals surface area contributed by atoms with E-state index in [2.05, 4.69) is 4.99 Å². The third-order valence-electron chi connectivity index (χ3n) is 1.04. The van der Waals surface area contributed by atoms with Gasteiger partial charge in [0.05, 0.1) is 18.5 Å². The maximum atomic E-state index is 10.1. The van der Waals surface area contributed by atoms with Crippen molar-refractivity contribution < 1.29 is 9.90 Å². The number of aliphatic imine (C=N–C) groups is 1. The van der Waals surface area contributed by atoms with E-state index < -0.39 is 5.97 Å². The topological polar surface area (TPSA) is 49.7 Å². The molecule has 0 bridgehead atoms. The predicted octanol–water partition coefficient (Wildman–Crippen LogP) is 0.605. The van der Waals surface area contributed by atoms with Crippen LogP contribution in [0, 0.1) is 0 Å². The van der Waals surface area contributed by atoms with Gasteiger partial charge in [0.25, 0.3) is 0 Å². The van der Waals surface area contributed by atoms with Crippen LogP contribution in [0.4, 0.5) is 0 Å². The van der Waals surface area contributed by atoms with Crippen LogP contribution in [-0.4, -0.2) is 28.4 Å². The first kappa shape index (κ1) is 6.61. The Bertz CT molecular complexity index is 138. The average molecular weight is 145 g/mol. The van der Waals surface area contributed by atoms with Crippen LogP contribution < -0.4 is 0 Å². The Morgan fingerprint density at radius 1 is 2.00 bits per heavy atom. The summed E-state index contributed by atoms with van der Waals surface area (Å²) in [6.07, 6.45) is 0.227. The highest BCUT2D eigenvalue weighted by atomic mass is 32.2. The molecule has 1 aliphatic rings. The summed E-state index contributed by atoms with van der Waals surface area (Å²) in [5, 5.41) is 8.49. The van der Waals surface area contributed by atoms with Gasteiger partial charge in [-0.15, -0.1) is 11.8 Å². The zero-order chi connectivity index (χ0) is 6.69. The van der Waals surface area contributed by atoms with Crippen LogP contribution in [0.5, 0.6) is 0 Å². The summed E-state index contributed by atoms with van der Waals surface area (Å²) in [5.41, 5.74) is 1.72. The van der Waals surface area contributed by atoms with Crippen LogP contribution in [0.2, 0.25) is 0 Å². The molecule has 0 amide bonds. The summed E-state index contributed by atoms with van der Waals surface area (Å²) in [6.45, 7) is 0.664. The fourth-order valence-corrected chi connectivity index (χ4v) is 1.40. The fourth-order valence-electron chi connectivity index (χ4n) is 0.640. The third kappa shape index (κ3) is 2.05. The van der Waals surface area contributed by atoms with Crippen molar-refractivity contribution in [3.63, 3.8) is 0 Å². The Balaban J connectivity index is 2.22. The van der Waals surface area contributed by atoms with Crippen LogP contribution in [0.25, 0.3) is 0 Å². The van der Waals surface area contributed by atoms with Crippen molar-refractivity contribution in [2.24, 2.45) is 4.99 Å². The summed E-state index contributed by atoms with van der Waals surface area (Å²) in [6, 6.07) is 0. The van der Waals surface area contributed by atoms with Gasteiger partial charge >= 0.3 is 5.97 Å². The minimum absolute atomic E-state index is 0.183. The molecular formula is C5H7NO2S. The Morgan fingerprint density at radius 3 is 3.22 bits per heavy atom. The molecule has 0 aromatic rings. The van der Waals surface area contributed by atoms with Crippen LogP contribution >= 0.6 is 11.8 Å². The molecule has 4 heteroatoms. The smallest absolute Gasteiger partial charge is 0.304 e. The highest BCUT2D eigenvalue weighted by Gasteiger charge is 2.14. The lowest BCUT2D eigenvalue weighted by Gasteiger charge is -1.99. The highest BCUT2D eigenvalue weighted by molar-refractivity contribution is 8.12. The first-order valence-electron chi connectivity index (χ1n) is 2.64. The number of carbonyl (C=O) groups is 1. The SMILES string of the molecule is O=C(O)CC1CN=CS1. The van der Waals surface area contributed by atoms with Gasteiger partial charge in [-0.2, -0.15) is 0 Å². The Hall–Kier alpha value is -0.510. The van der Waals surface area contributed by atoms with E-state index in [1.807, 2.05) is 0 Å². The van der Waals surface area contributed by atoms with Gasteiger partial charge in [-0.3, -0.25) is 9.79 Å². The minimum atomic E-state index is -0.738. The lowest BCUT2D eigenvalue weighted by Crippen LogP contribution is -2.09. The maximum Gasteiger partial charge on any atom is 0.304 e. The van der Waals surface area contributed by atoms with E-state index in [4.69, 9.17) is 5.11 Å². The predicted molar refractivity (Wildman–Crippen MR) is 37.0 cm³/mol. The van der Waals surface area contributed by atoms with Gasteiger partial charge in [-0.1, -0.05) is 0 Å². The molecule has 1 atom stereocenters. The quantitative estimate of drug-likeness (QED) is 0.619. The summed E-state index contributed by atoms with van der Waals surface area (Å²) >= 11 is 1.50. The molecule has 0 aliphatic carbocycles. The number of carboxylic acid groups (broad SMARTS) is 1. The summed E-state index contributed by atoms with van der Waals surface area (Å²) in [4.78, 5) is 14.0. The van der Waals surface area contributed by atoms with Gasteiger partial charge < -0.3 is 5.11 Å². The van der Waals surface area contributed by atoms with Crippen molar-refractivity contribution in [1.82, 2.24) is 0 Å². The van der Waals surface area contributed by atoms with Gasteiger partial charge in [0, 0.05) is 5.25 Å². The van der Waals surface area contributed by atoms with E-state index in [1.165, 1.54) is 11.8 Å². The van der Waals surface area contributed by atoms with Crippen molar-refractivity contribution in [3.8, 4) is 0 Å². The molecule has 0 aromatic heterocycles. The lowest BCUT2D eigenvalue weighted by molar-refractivity contribution is -0.136. The normalized spacial score (nSPS) is 24.7. The van der Waals surface area contributed by atoms with E-state index in [0.717, 1.165) is 0 Å². The Kier molecular flexibility index (Phi) is 2.10. The molecule has 1 N–H and O–H groups in total. The Morgan fingerprint density at radius 2 is 2.78 bits per heavy atom. The largest absolute Gasteiger partial charge is 0.481 e. The summed E-state index contributed by atoms with van der Waals surface area (Å²) in [7, 11) is 0. The molecular weight excluding hydrogens is 138 g/mol. The molecule has 0 fully saturated rings.